The monoisotopic (exact) mass is 395 g/mol. The number of nitrogens with zero attached hydrogens (tertiary/aromatic N) is 2. The van der Waals surface area contributed by atoms with E-state index in [1.165, 1.54) is 28.5 Å². The van der Waals surface area contributed by atoms with Crippen molar-refractivity contribution in [2.45, 2.75) is 58.0 Å². The lowest BCUT2D eigenvalue weighted by Gasteiger charge is -2.19. The van der Waals surface area contributed by atoms with Crippen LogP contribution in [0.3, 0.4) is 0 Å². The number of anilines is 1. The van der Waals surface area contributed by atoms with Crippen molar-refractivity contribution in [3.63, 3.8) is 0 Å². The lowest BCUT2D eigenvalue weighted by atomic mass is 9.99. The van der Waals surface area contributed by atoms with Gasteiger partial charge in [0.15, 0.2) is 0 Å². The number of hydrogen-bond acceptors (Lipinski definition) is 6. The van der Waals surface area contributed by atoms with Crippen molar-refractivity contribution in [2.75, 3.05) is 11.9 Å². The molecule has 1 aromatic heterocycles. The van der Waals surface area contributed by atoms with Crippen LogP contribution in [0.15, 0.2) is 24.7 Å². The second-order valence-electron chi connectivity index (χ2n) is 7.41. The van der Waals surface area contributed by atoms with Gasteiger partial charge in [-0.1, -0.05) is 6.07 Å². The Kier molecular flexibility index (Phi) is 5.74. The van der Waals surface area contributed by atoms with Crippen molar-refractivity contribution in [1.82, 2.24) is 9.97 Å². The average Bonchev–Trinajstić information content (AvgIpc) is 3.37. The number of rotatable bonds is 6. The minimum atomic E-state index is -1.07. The van der Waals surface area contributed by atoms with Crippen LogP contribution in [-0.4, -0.2) is 34.7 Å². The number of carbonyl (C=O) groups excluding carboxylic acids is 2. The number of aryl methyl sites for hydroxylation is 2. The van der Waals surface area contributed by atoms with Gasteiger partial charge >= 0.3 is 12.1 Å². The number of hydrogen-bond donors (Lipinski definition) is 1. The van der Waals surface area contributed by atoms with Crippen LogP contribution in [-0.2, 0) is 46.4 Å². The fraction of sp³-hybridized carbons (Fsp3) is 0.455. The first kappa shape index (κ1) is 19.4. The summed E-state index contributed by atoms with van der Waals surface area (Å²) in [5.74, 6) is -0.586. The van der Waals surface area contributed by atoms with E-state index in [4.69, 9.17) is 9.47 Å². The summed E-state index contributed by atoms with van der Waals surface area (Å²) in [6.07, 6.45) is 9.24. The molecule has 2 aliphatic carbocycles. The fourth-order valence-corrected chi connectivity index (χ4v) is 4.26. The van der Waals surface area contributed by atoms with Crippen LogP contribution < -0.4 is 5.32 Å². The molecular formula is C22H25N3O4. The molecule has 1 heterocycles. The number of nitrogens with one attached hydrogen (secondary N) is 1. The van der Waals surface area contributed by atoms with Crippen LogP contribution in [0.2, 0.25) is 0 Å². The van der Waals surface area contributed by atoms with Crippen molar-refractivity contribution >= 4 is 17.7 Å². The third kappa shape index (κ3) is 4.23. The first-order chi connectivity index (χ1) is 14.2. The van der Waals surface area contributed by atoms with Gasteiger partial charge in [-0.2, -0.15) is 0 Å². The van der Waals surface area contributed by atoms with E-state index in [0.29, 0.717) is 5.69 Å². The molecule has 0 saturated carbocycles. The number of amides is 1. The Balaban J connectivity index is 1.52. The van der Waals surface area contributed by atoms with Gasteiger partial charge in [-0.05, 0) is 67.7 Å². The molecule has 1 atom stereocenters. The van der Waals surface area contributed by atoms with E-state index in [9.17, 15) is 9.59 Å². The SMILES string of the molecule is CCOC(=O)[C@@H](Cc1cnccn1)OC(=O)Nc1c2c(cc3c1CCC3)CCC2. The standard InChI is InChI=1S/C22H25N3O4/c1-2-28-21(26)19(12-16-13-23-9-10-24-16)29-22(27)25-20-17-7-3-5-14(17)11-15-6-4-8-18(15)20/h9-11,13,19H,2-8,12H2,1H3,(H,25,27)/t19-/m1/s1. The molecule has 1 aromatic carbocycles. The molecule has 2 aromatic rings. The minimum Gasteiger partial charge on any atom is -0.463 e. The second-order valence-corrected chi connectivity index (χ2v) is 7.41. The molecule has 7 nitrogen and oxygen atoms in total. The van der Waals surface area contributed by atoms with E-state index in [-0.39, 0.29) is 13.0 Å². The molecule has 7 heteroatoms. The molecule has 0 fully saturated rings. The van der Waals surface area contributed by atoms with Crippen molar-refractivity contribution in [3.8, 4) is 0 Å². The first-order valence-corrected chi connectivity index (χ1v) is 10.2. The molecule has 0 spiro atoms. The molecule has 0 unspecified atom stereocenters. The largest absolute Gasteiger partial charge is 0.463 e. The van der Waals surface area contributed by atoms with Crippen LogP contribution in [0.1, 0.15) is 47.7 Å². The van der Waals surface area contributed by atoms with Gasteiger partial charge in [0.2, 0.25) is 6.10 Å². The lowest BCUT2D eigenvalue weighted by molar-refractivity contribution is -0.152. The molecule has 152 valence electrons. The summed E-state index contributed by atoms with van der Waals surface area (Å²) >= 11 is 0. The topological polar surface area (TPSA) is 90.4 Å². The van der Waals surface area contributed by atoms with E-state index in [0.717, 1.165) is 44.2 Å². The Hall–Kier alpha value is -2.96. The van der Waals surface area contributed by atoms with Crippen LogP contribution in [0.4, 0.5) is 10.5 Å². The summed E-state index contributed by atoms with van der Waals surface area (Å²) in [5, 5.41) is 2.95. The number of benzene rings is 1. The molecule has 0 radical (unpaired) electrons. The van der Waals surface area contributed by atoms with Crippen LogP contribution in [0, 0.1) is 0 Å². The fourth-order valence-electron chi connectivity index (χ4n) is 4.26. The first-order valence-electron chi connectivity index (χ1n) is 10.2. The summed E-state index contributed by atoms with van der Waals surface area (Å²) in [6, 6.07) is 2.30. The predicted molar refractivity (Wildman–Crippen MR) is 107 cm³/mol. The summed E-state index contributed by atoms with van der Waals surface area (Å²) in [6.45, 7) is 1.93. The third-order valence-electron chi connectivity index (χ3n) is 5.51. The number of ether oxygens (including phenoxy) is 2. The number of carbonyl (C=O) groups is 2. The predicted octanol–water partition coefficient (Wildman–Crippen LogP) is 3.18. The maximum Gasteiger partial charge on any atom is 0.412 e. The molecule has 1 amide bonds. The van der Waals surface area contributed by atoms with Crippen LogP contribution in [0.5, 0.6) is 0 Å². The van der Waals surface area contributed by atoms with Crippen molar-refractivity contribution in [3.05, 3.63) is 52.6 Å². The van der Waals surface area contributed by atoms with Gasteiger partial charge in [-0.25, -0.2) is 9.59 Å². The van der Waals surface area contributed by atoms with Gasteiger partial charge in [0.25, 0.3) is 0 Å². The van der Waals surface area contributed by atoms with Gasteiger partial charge in [-0.15, -0.1) is 0 Å². The lowest BCUT2D eigenvalue weighted by Crippen LogP contribution is -2.33. The Morgan fingerprint density at radius 3 is 2.45 bits per heavy atom. The Morgan fingerprint density at radius 1 is 1.10 bits per heavy atom. The quantitative estimate of drug-likeness (QED) is 0.756. The maximum atomic E-state index is 12.7. The van der Waals surface area contributed by atoms with Gasteiger partial charge in [0.1, 0.15) is 0 Å². The molecule has 0 saturated heterocycles. The number of fused-ring (bicyclic) bond motifs is 2. The molecule has 4 rings (SSSR count). The minimum absolute atomic E-state index is 0.116. The third-order valence-corrected chi connectivity index (χ3v) is 5.51. The summed E-state index contributed by atoms with van der Waals surface area (Å²) in [7, 11) is 0. The van der Waals surface area contributed by atoms with Crippen LogP contribution in [0.25, 0.3) is 0 Å². The Morgan fingerprint density at radius 2 is 1.83 bits per heavy atom. The molecule has 29 heavy (non-hydrogen) atoms. The zero-order chi connectivity index (χ0) is 20.2. The highest BCUT2D eigenvalue weighted by atomic mass is 16.6. The van der Waals surface area contributed by atoms with E-state index >= 15 is 0 Å². The van der Waals surface area contributed by atoms with Crippen LogP contribution >= 0.6 is 0 Å². The average molecular weight is 395 g/mol. The highest BCUT2D eigenvalue weighted by molar-refractivity contribution is 5.90. The summed E-state index contributed by atoms with van der Waals surface area (Å²) in [5.41, 5.74) is 6.51. The zero-order valence-corrected chi connectivity index (χ0v) is 16.6. The van der Waals surface area contributed by atoms with Crippen molar-refractivity contribution in [2.24, 2.45) is 0 Å². The van der Waals surface area contributed by atoms with Gasteiger partial charge in [0, 0.05) is 25.0 Å². The molecular weight excluding hydrogens is 370 g/mol. The van der Waals surface area contributed by atoms with Crippen molar-refractivity contribution < 1.29 is 19.1 Å². The zero-order valence-electron chi connectivity index (χ0n) is 16.6. The van der Waals surface area contributed by atoms with E-state index in [1.54, 1.807) is 19.3 Å². The number of aromatic nitrogens is 2. The Labute approximate surface area is 169 Å². The molecule has 2 aliphatic rings. The van der Waals surface area contributed by atoms with Crippen molar-refractivity contribution in [1.29, 1.82) is 0 Å². The molecule has 1 N–H and O–H groups in total. The highest BCUT2D eigenvalue weighted by Crippen LogP contribution is 2.38. The summed E-state index contributed by atoms with van der Waals surface area (Å²) in [4.78, 5) is 33.2. The highest BCUT2D eigenvalue weighted by Gasteiger charge is 2.29. The summed E-state index contributed by atoms with van der Waals surface area (Å²) < 4.78 is 10.6. The normalized spacial score (nSPS) is 15.3. The van der Waals surface area contributed by atoms with E-state index in [2.05, 4.69) is 21.4 Å². The maximum absolute atomic E-state index is 12.7. The second kappa shape index (κ2) is 8.59. The molecule has 0 aliphatic heterocycles. The van der Waals surface area contributed by atoms with Gasteiger partial charge in [-0.3, -0.25) is 15.3 Å². The van der Waals surface area contributed by atoms with Gasteiger partial charge < -0.3 is 9.47 Å². The Bertz CT molecular complexity index is 882. The van der Waals surface area contributed by atoms with Gasteiger partial charge in [0.05, 0.1) is 18.0 Å². The van der Waals surface area contributed by atoms with E-state index in [1.807, 2.05) is 0 Å². The number of esters is 1. The van der Waals surface area contributed by atoms with E-state index < -0.39 is 18.2 Å². The smallest absolute Gasteiger partial charge is 0.412 e. The molecule has 0 bridgehead atoms.